The van der Waals surface area contributed by atoms with Crippen LogP contribution in [0.3, 0.4) is 0 Å². The zero-order chi connectivity index (χ0) is 23.2. The molecule has 0 bridgehead atoms. The Morgan fingerprint density at radius 3 is 1.77 bits per heavy atom. The fourth-order valence-corrected chi connectivity index (χ4v) is 2.78. The number of carbonyl (C=O) groups excluding carboxylic acids is 1. The molecule has 0 atom stereocenters. The molecule has 3 N–H and O–H groups in total. The molecule has 1 aromatic carbocycles. The van der Waals surface area contributed by atoms with E-state index < -0.39 is 20.2 Å². The Kier molecular flexibility index (Phi) is 13.7. The van der Waals surface area contributed by atoms with Gasteiger partial charge in [-0.05, 0) is 51.4 Å². The molecule has 1 amide bonds. The molecule has 174 valence electrons. The summed E-state index contributed by atoms with van der Waals surface area (Å²) in [6.07, 6.45) is 2.78. The number of hydrogen-bond donors (Lipinski definition) is 3. The summed E-state index contributed by atoms with van der Waals surface area (Å²) in [5.74, 6) is -0.0249. The third-order valence-corrected chi connectivity index (χ3v) is 4.43. The maximum atomic E-state index is 11.6. The first kappa shape index (κ1) is 28.4. The molecule has 0 saturated carbocycles. The minimum Gasteiger partial charge on any atom is -0.350 e. The van der Waals surface area contributed by atoms with Gasteiger partial charge in [-0.2, -0.15) is 16.8 Å². The van der Waals surface area contributed by atoms with Gasteiger partial charge in [0.25, 0.3) is 26.1 Å². The lowest BCUT2D eigenvalue weighted by Crippen LogP contribution is -2.30. The highest BCUT2D eigenvalue weighted by Gasteiger charge is 2.06. The van der Waals surface area contributed by atoms with Gasteiger partial charge in [0.2, 0.25) is 0 Å². The van der Waals surface area contributed by atoms with E-state index in [9.17, 15) is 21.6 Å². The fourth-order valence-electron chi connectivity index (χ4n) is 1.93. The summed E-state index contributed by atoms with van der Waals surface area (Å²) >= 11 is 0. The van der Waals surface area contributed by atoms with E-state index in [2.05, 4.69) is 24.5 Å². The van der Waals surface area contributed by atoms with Crippen molar-refractivity contribution in [2.24, 2.45) is 0 Å². The fraction of sp³-hybridized carbons (Fsp3) is 0.611. The van der Waals surface area contributed by atoms with E-state index in [-0.39, 0.29) is 25.2 Å². The average molecular weight is 468 g/mol. The van der Waals surface area contributed by atoms with Gasteiger partial charge in [-0.3, -0.25) is 24.0 Å². The Morgan fingerprint density at radius 1 is 0.933 bits per heavy atom. The van der Waals surface area contributed by atoms with E-state index in [0.29, 0.717) is 18.4 Å². The molecule has 0 aliphatic rings. The first-order valence-corrected chi connectivity index (χ1v) is 13.0. The maximum Gasteiger partial charge on any atom is 0.264 e. The zero-order valence-electron chi connectivity index (χ0n) is 18.1. The lowest BCUT2D eigenvalue weighted by Gasteiger charge is -2.09. The Labute approximate surface area is 179 Å². The van der Waals surface area contributed by atoms with Crippen molar-refractivity contribution in [3.63, 3.8) is 0 Å². The van der Waals surface area contributed by atoms with E-state index in [1.807, 2.05) is 45.2 Å². The van der Waals surface area contributed by atoms with E-state index >= 15 is 0 Å². The first-order valence-electron chi connectivity index (χ1n) is 9.32. The molecule has 1 rings (SSSR count). The van der Waals surface area contributed by atoms with Crippen LogP contribution in [0.5, 0.6) is 0 Å². The summed E-state index contributed by atoms with van der Waals surface area (Å²) < 4.78 is 50.8. The molecule has 12 heteroatoms. The number of nitrogens with one attached hydrogen (secondary N) is 3. The van der Waals surface area contributed by atoms with Crippen LogP contribution < -0.4 is 16.2 Å². The molecule has 0 radical (unpaired) electrons. The predicted molar refractivity (Wildman–Crippen MR) is 116 cm³/mol. The molecule has 0 aliphatic heterocycles. The van der Waals surface area contributed by atoms with Crippen LogP contribution in [0.4, 0.5) is 0 Å². The largest absolute Gasteiger partial charge is 0.350 e. The maximum absolute atomic E-state index is 11.6. The number of amides is 1. The number of unbranched alkanes of at least 4 members (excludes halogenated alkanes) is 1. The van der Waals surface area contributed by atoms with E-state index in [4.69, 9.17) is 0 Å². The second-order valence-corrected chi connectivity index (χ2v) is 9.98. The molecule has 0 saturated heterocycles. The molecule has 0 heterocycles. The Morgan fingerprint density at radius 2 is 1.40 bits per heavy atom. The Balaban J connectivity index is 0.000000567. The normalized spacial score (nSPS) is 11.7. The van der Waals surface area contributed by atoms with Gasteiger partial charge in [-0.25, -0.2) is 0 Å². The van der Waals surface area contributed by atoms with Crippen molar-refractivity contribution in [3.8, 4) is 0 Å². The number of benzene rings is 1. The molecule has 0 spiro atoms. The monoisotopic (exact) mass is 467 g/mol. The van der Waals surface area contributed by atoms with Crippen LogP contribution in [0.25, 0.3) is 0 Å². The highest BCUT2D eigenvalue weighted by molar-refractivity contribution is 7.86. The molecular weight excluding hydrogens is 434 g/mol. The molecule has 10 nitrogen and oxygen atoms in total. The number of hydrazine groups is 1. The van der Waals surface area contributed by atoms with Gasteiger partial charge < -0.3 is 5.32 Å². The topological polar surface area (TPSA) is 140 Å². The zero-order valence-corrected chi connectivity index (χ0v) is 19.7. The van der Waals surface area contributed by atoms with Crippen LogP contribution >= 0.6 is 0 Å². The summed E-state index contributed by atoms with van der Waals surface area (Å²) in [6.45, 7) is 4.73. The number of rotatable bonds is 12. The molecule has 0 fully saturated rings. The van der Waals surface area contributed by atoms with Crippen molar-refractivity contribution in [1.29, 1.82) is 0 Å². The summed E-state index contributed by atoms with van der Waals surface area (Å²) in [4.78, 5) is 11.6. The average Bonchev–Trinajstić information content (AvgIpc) is 2.61. The lowest BCUT2D eigenvalue weighted by atomic mass is 10.1. The molecular formula is C18H33N3O7S2. The van der Waals surface area contributed by atoms with E-state index in [1.165, 1.54) is 0 Å². The second-order valence-electron chi connectivity index (χ2n) is 6.69. The smallest absolute Gasteiger partial charge is 0.264 e. The second kappa shape index (κ2) is 14.4. The van der Waals surface area contributed by atoms with Gasteiger partial charge >= 0.3 is 0 Å². The van der Waals surface area contributed by atoms with Gasteiger partial charge in [0.05, 0.1) is 25.7 Å². The minimum absolute atomic E-state index is 0.0249. The van der Waals surface area contributed by atoms with Gasteiger partial charge in [-0.1, -0.05) is 12.1 Å². The third kappa shape index (κ3) is 17.3. The minimum atomic E-state index is -3.40. The summed E-state index contributed by atoms with van der Waals surface area (Å²) in [6, 6.07) is 7.73. The summed E-state index contributed by atoms with van der Waals surface area (Å²) in [5.41, 5.74) is 7.68. The summed E-state index contributed by atoms with van der Waals surface area (Å²) in [5, 5.41) is 2.85. The number of hydrogen-bond acceptors (Lipinski definition) is 9. The van der Waals surface area contributed by atoms with Crippen molar-refractivity contribution in [2.45, 2.75) is 39.3 Å². The van der Waals surface area contributed by atoms with Crippen molar-refractivity contribution in [1.82, 2.24) is 16.2 Å². The van der Waals surface area contributed by atoms with Crippen molar-refractivity contribution in [3.05, 3.63) is 35.4 Å². The predicted octanol–water partition coefficient (Wildman–Crippen LogP) is 0.768. The SMILES string of the molecule is CNNCc1ccc(C(=O)NC(C)C)cc1.CS(=O)(=O)OCCCCOS(C)(=O)=O. The number of carbonyl (C=O) groups is 1. The Hall–Kier alpha value is -1.57. The van der Waals surface area contributed by atoms with Crippen molar-refractivity contribution >= 4 is 26.1 Å². The van der Waals surface area contributed by atoms with Gasteiger partial charge in [0.15, 0.2) is 0 Å². The molecule has 0 aliphatic carbocycles. The summed E-state index contributed by atoms with van der Waals surface area (Å²) in [7, 11) is -4.97. The van der Waals surface area contributed by atoms with Crippen LogP contribution in [0.1, 0.15) is 42.6 Å². The van der Waals surface area contributed by atoms with E-state index in [1.54, 1.807) is 0 Å². The molecule has 0 unspecified atom stereocenters. The van der Waals surface area contributed by atoms with Crippen LogP contribution in [0.2, 0.25) is 0 Å². The van der Waals surface area contributed by atoms with Crippen LogP contribution in [-0.2, 0) is 35.1 Å². The highest BCUT2D eigenvalue weighted by atomic mass is 32.2. The standard InChI is InChI=1S/C12H19N3O.C6H14O6S2/c1-9(2)15-12(16)11-6-4-10(5-7-11)8-14-13-3;1-13(7,8)11-5-3-4-6-12-14(2,9)10/h4-7,9,13-14H,8H2,1-3H3,(H,15,16);3-6H2,1-2H3. The molecule has 30 heavy (non-hydrogen) atoms. The third-order valence-electron chi connectivity index (χ3n) is 3.24. The molecule has 1 aromatic rings. The first-order chi connectivity index (χ1) is 13.8. The van der Waals surface area contributed by atoms with Crippen LogP contribution in [0, 0.1) is 0 Å². The van der Waals surface area contributed by atoms with E-state index in [0.717, 1.165) is 24.6 Å². The van der Waals surface area contributed by atoms with Gasteiger partial charge in [-0.15, -0.1) is 0 Å². The van der Waals surface area contributed by atoms with Crippen LogP contribution in [-0.4, -0.2) is 61.6 Å². The van der Waals surface area contributed by atoms with Gasteiger partial charge in [0.1, 0.15) is 0 Å². The van der Waals surface area contributed by atoms with Crippen LogP contribution in [0.15, 0.2) is 24.3 Å². The quantitative estimate of drug-likeness (QED) is 0.231. The van der Waals surface area contributed by atoms with Crippen molar-refractivity contribution in [2.75, 3.05) is 32.8 Å². The van der Waals surface area contributed by atoms with Crippen molar-refractivity contribution < 1.29 is 30.0 Å². The van der Waals surface area contributed by atoms with Gasteiger partial charge in [0, 0.05) is 18.2 Å². The molecule has 0 aromatic heterocycles. The Bertz CT molecular complexity index is 788. The lowest BCUT2D eigenvalue weighted by molar-refractivity contribution is 0.0943. The highest BCUT2D eigenvalue weighted by Crippen LogP contribution is 2.04.